The van der Waals surface area contributed by atoms with Crippen LogP contribution < -0.4 is 16.8 Å². The number of anilines is 1. The van der Waals surface area contributed by atoms with Crippen molar-refractivity contribution in [2.45, 2.75) is 37.8 Å². The maximum atomic E-state index is 14.9. The first-order chi connectivity index (χ1) is 14.7. The number of pyridine rings is 1. The van der Waals surface area contributed by atoms with Gasteiger partial charge in [0, 0.05) is 17.2 Å². The molecule has 0 bridgehead atoms. The average Bonchev–Trinajstić information content (AvgIpc) is 2.94. The van der Waals surface area contributed by atoms with E-state index in [9.17, 15) is 9.50 Å². The number of aromatic hydroxyl groups is 1. The van der Waals surface area contributed by atoms with Crippen molar-refractivity contribution in [2.24, 2.45) is 5.73 Å². The summed E-state index contributed by atoms with van der Waals surface area (Å²) in [5, 5.41) is 13.3. The van der Waals surface area contributed by atoms with Crippen LogP contribution in [-0.2, 0) is 0 Å². The Morgan fingerprint density at radius 3 is 2.81 bits per heavy atom. The Hall–Kier alpha value is -3.04. The normalized spacial score (nSPS) is 24.7. The Kier molecular flexibility index (Phi) is 5.63. The second kappa shape index (κ2) is 8.24. The molecule has 0 radical (unpaired) electrons. The van der Waals surface area contributed by atoms with E-state index < -0.39 is 11.5 Å². The molecule has 2 atom stereocenters. The van der Waals surface area contributed by atoms with Crippen LogP contribution in [0.25, 0.3) is 17.0 Å². The summed E-state index contributed by atoms with van der Waals surface area (Å²) in [7, 11) is 2.12. The van der Waals surface area contributed by atoms with E-state index in [1.807, 2.05) is 6.07 Å². The molecule has 0 spiro atoms. The highest BCUT2D eigenvalue weighted by molar-refractivity contribution is 5.78. The second-order valence-corrected chi connectivity index (χ2v) is 8.44. The molecule has 9 heteroatoms. The maximum absolute atomic E-state index is 14.9. The zero-order valence-electron chi connectivity index (χ0n) is 17.8. The van der Waals surface area contributed by atoms with Gasteiger partial charge in [0.2, 0.25) is 5.95 Å². The van der Waals surface area contributed by atoms with E-state index in [1.165, 1.54) is 13.0 Å². The molecule has 2 aromatic heterocycles. The summed E-state index contributed by atoms with van der Waals surface area (Å²) in [5.74, 6) is -0.226. The molecule has 164 valence electrons. The summed E-state index contributed by atoms with van der Waals surface area (Å²) >= 11 is 0. The molecule has 4 heterocycles. The number of hydrogen-bond acceptors (Lipinski definition) is 8. The van der Waals surface area contributed by atoms with Crippen LogP contribution in [0.1, 0.15) is 43.5 Å². The van der Waals surface area contributed by atoms with Gasteiger partial charge in [-0.3, -0.25) is 0 Å². The Bertz CT molecular complexity index is 1050. The third-order valence-corrected chi connectivity index (χ3v) is 5.85. The van der Waals surface area contributed by atoms with Gasteiger partial charge in [0.15, 0.2) is 0 Å². The lowest BCUT2D eigenvalue weighted by molar-refractivity contribution is 0.347. The van der Waals surface area contributed by atoms with Gasteiger partial charge in [-0.1, -0.05) is 0 Å². The molecular weight excluding hydrogens is 397 g/mol. The molecule has 6 N–H and O–H groups in total. The first-order valence-electron chi connectivity index (χ1n) is 10.4. The van der Waals surface area contributed by atoms with Gasteiger partial charge in [-0.05, 0) is 76.8 Å². The van der Waals surface area contributed by atoms with E-state index in [0.29, 0.717) is 11.4 Å². The summed E-state index contributed by atoms with van der Waals surface area (Å²) < 4.78 is 14.9. The zero-order valence-corrected chi connectivity index (χ0v) is 17.8. The van der Waals surface area contributed by atoms with Gasteiger partial charge in [0.1, 0.15) is 22.9 Å². The number of nitrogen functional groups attached to an aromatic ring is 1. The number of nitrogens with one attached hydrogen (secondary N) is 1. The molecular formula is C22H28FN7O. The standard InChI is InChI=1S/C22H28FN7O/c1-22(25)20(23)14(7-9-26-22)15-5-6-18(31)19(27-15)17-12-16(28-21(24)29-17)13-4-3-10-30(2)11-8-13/h5-7,9,12-13,26,31H,3-4,8,10-11,25H2,1-2H3,(H2,24,28,29). The van der Waals surface area contributed by atoms with Crippen LogP contribution in [0.3, 0.4) is 0 Å². The monoisotopic (exact) mass is 425 g/mol. The molecule has 4 rings (SSSR count). The summed E-state index contributed by atoms with van der Waals surface area (Å²) in [6.45, 7) is 3.57. The number of likely N-dealkylation sites (tertiary alicyclic amines) is 1. The van der Waals surface area contributed by atoms with Gasteiger partial charge in [0.05, 0.1) is 11.4 Å². The van der Waals surface area contributed by atoms with Gasteiger partial charge in [-0.25, -0.2) is 19.3 Å². The van der Waals surface area contributed by atoms with Crippen molar-refractivity contribution in [1.82, 2.24) is 25.2 Å². The molecule has 31 heavy (non-hydrogen) atoms. The molecule has 2 aromatic rings. The quantitative estimate of drug-likeness (QED) is 0.591. The number of rotatable bonds is 3. The topological polar surface area (TPSA) is 126 Å². The molecule has 2 aliphatic heterocycles. The summed E-state index contributed by atoms with van der Waals surface area (Å²) in [6.07, 6.45) is 6.19. The predicted molar refractivity (Wildman–Crippen MR) is 118 cm³/mol. The average molecular weight is 426 g/mol. The third kappa shape index (κ3) is 4.38. The van der Waals surface area contributed by atoms with Crippen molar-refractivity contribution >= 4 is 11.5 Å². The molecule has 0 amide bonds. The van der Waals surface area contributed by atoms with Crippen LogP contribution >= 0.6 is 0 Å². The van der Waals surface area contributed by atoms with Crippen molar-refractivity contribution in [2.75, 3.05) is 25.9 Å². The lowest BCUT2D eigenvalue weighted by Gasteiger charge is -2.28. The fourth-order valence-electron chi connectivity index (χ4n) is 4.05. The van der Waals surface area contributed by atoms with Crippen LogP contribution in [0.2, 0.25) is 0 Å². The SMILES string of the molecule is CN1CCCC(c2cc(-c3nc(C4=C(F)C(C)(N)NC=C4)ccc3O)nc(N)n2)CC1. The first-order valence-corrected chi connectivity index (χ1v) is 10.4. The fourth-order valence-corrected chi connectivity index (χ4v) is 4.05. The highest BCUT2D eigenvalue weighted by Gasteiger charge is 2.30. The molecule has 2 aliphatic rings. The number of allylic oxidation sites excluding steroid dienone is 2. The lowest BCUT2D eigenvalue weighted by atomic mass is 9.95. The van der Waals surface area contributed by atoms with Crippen LogP contribution in [0.15, 0.2) is 36.3 Å². The number of halogens is 1. The van der Waals surface area contributed by atoms with Gasteiger partial charge < -0.3 is 26.8 Å². The second-order valence-electron chi connectivity index (χ2n) is 8.44. The van der Waals surface area contributed by atoms with Crippen LogP contribution in [-0.4, -0.2) is 50.8 Å². The number of aromatic nitrogens is 3. The molecule has 2 unspecified atom stereocenters. The molecule has 0 aliphatic carbocycles. The molecule has 0 saturated carbocycles. The maximum Gasteiger partial charge on any atom is 0.220 e. The van der Waals surface area contributed by atoms with Crippen molar-refractivity contribution < 1.29 is 9.50 Å². The Labute approximate surface area is 180 Å². The third-order valence-electron chi connectivity index (χ3n) is 5.85. The lowest BCUT2D eigenvalue weighted by Crippen LogP contribution is -2.50. The molecule has 0 aromatic carbocycles. The Morgan fingerprint density at radius 1 is 1.19 bits per heavy atom. The minimum atomic E-state index is -1.33. The first kappa shape index (κ1) is 21.2. The van der Waals surface area contributed by atoms with E-state index >= 15 is 0 Å². The number of dihydropyridines is 1. The fraction of sp³-hybridized carbons (Fsp3) is 0.409. The number of nitrogens with zero attached hydrogens (tertiary/aromatic N) is 4. The zero-order chi connectivity index (χ0) is 22.2. The van der Waals surface area contributed by atoms with E-state index in [0.717, 1.165) is 38.0 Å². The van der Waals surface area contributed by atoms with Gasteiger partial charge in [0.25, 0.3) is 0 Å². The molecule has 8 nitrogen and oxygen atoms in total. The minimum absolute atomic E-state index is 0.0668. The molecule has 1 saturated heterocycles. The van der Waals surface area contributed by atoms with Crippen molar-refractivity contribution in [3.05, 3.63) is 47.7 Å². The number of nitrogens with two attached hydrogens (primary N) is 2. The van der Waals surface area contributed by atoms with Gasteiger partial charge in [-0.15, -0.1) is 0 Å². The minimum Gasteiger partial charge on any atom is -0.506 e. The Morgan fingerprint density at radius 2 is 2.00 bits per heavy atom. The summed E-state index contributed by atoms with van der Waals surface area (Å²) in [4.78, 5) is 15.6. The van der Waals surface area contributed by atoms with Crippen molar-refractivity contribution in [1.29, 1.82) is 0 Å². The van der Waals surface area contributed by atoms with Gasteiger partial charge >= 0.3 is 0 Å². The van der Waals surface area contributed by atoms with E-state index in [-0.39, 0.29) is 28.9 Å². The highest BCUT2D eigenvalue weighted by atomic mass is 19.1. The van der Waals surface area contributed by atoms with E-state index in [4.69, 9.17) is 11.5 Å². The van der Waals surface area contributed by atoms with E-state index in [1.54, 1.807) is 18.3 Å². The number of hydrogen-bond donors (Lipinski definition) is 4. The molecule has 1 fully saturated rings. The van der Waals surface area contributed by atoms with Gasteiger partial charge in [-0.2, -0.15) is 0 Å². The largest absolute Gasteiger partial charge is 0.506 e. The smallest absolute Gasteiger partial charge is 0.220 e. The summed E-state index contributed by atoms with van der Waals surface area (Å²) in [5.41, 5.74) is 12.7. The van der Waals surface area contributed by atoms with Crippen LogP contribution in [0.4, 0.5) is 10.3 Å². The Balaban J connectivity index is 1.74. The van der Waals surface area contributed by atoms with Crippen molar-refractivity contribution in [3.63, 3.8) is 0 Å². The van der Waals surface area contributed by atoms with E-state index in [2.05, 4.69) is 32.2 Å². The van der Waals surface area contributed by atoms with Crippen LogP contribution in [0.5, 0.6) is 5.75 Å². The van der Waals surface area contributed by atoms with Crippen molar-refractivity contribution in [3.8, 4) is 17.1 Å². The predicted octanol–water partition coefficient (Wildman–Crippen LogP) is 2.50. The summed E-state index contributed by atoms with van der Waals surface area (Å²) in [6, 6.07) is 4.85. The highest BCUT2D eigenvalue weighted by Crippen LogP contribution is 2.34. The van der Waals surface area contributed by atoms with Crippen LogP contribution in [0, 0.1) is 0 Å².